The summed E-state index contributed by atoms with van der Waals surface area (Å²) in [6.07, 6.45) is 7.39. The molecule has 0 radical (unpaired) electrons. The van der Waals surface area contributed by atoms with Crippen LogP contribution in [0.25, 0.3) is 0 Å². The van der Waals surface area contributed by atoms with E-state index in [1.165, 1.54) is 25.7 Å². The maximum Gasteiger partial charge on any atom is 0.240 e. The van der Waals surface area contributed by atoms with Gasteiger partial charge in [0, 0.05) is 14.1 Å². The highest BCUT2D eigenvalue weighted by molar-refractivity contribution is 5.85. The van der Waals surface area contributed by atoms with Gasteiger partial charge >= 0.3 is 0 Å². The van der Waals surface area contributed by atoms with Crippen molar-refractivity contribution in [2.75, 3.05) is 14.1 Å². The lowest BCUT2D eigenvalue weighted by Crippen LogP contribution is -2.43. The fourth-order valence-electron chi connectivity index (χ4n) is 2.75. The zero-order valence-corrected chi connectivity index (χ0v) is 9.18. The first-order chi connectivity index (χ1) is 6.65. The zero-order chi connectivity index (χ0) is 10.2. The van der Waals surface area contributed by atoms with Crippen molar-refractivity contribution in [2.24, 2.45) is 11.3 Å². The van der Waals surface area contributed by atoms with E-state index < -0.39 is 0 Å². The van der Waals surface area contributed by atoms with Gasteiger partial charge in [-0.3, -0.25) is 10.2 Å². The van der Waals surface area contributed by atoms with E-state index >= 15 is 0 Å². The van der Waals surface area contributed by atoms with E-state index in [-0.39, 0.29) is 11.3 Å². The van der Waals surface area contributed by atoms with Gasteiger partial charge in [0.2, 0.25) is 5.91 Å². The van der Waals surface area contributed by atoms with Crippen LogP contribution in [0.5, 0.6) is 0 Å². The Hall–Kier alpha value is -0.570. The first-order valence-corrected chi connectivity index (χ1v) is 5.63. The van der Waals surface area contributed by atoms with E-state index in [1.54, 1.807) is 5.01 Å². The normalized spacial score (nSPS) is 25.4. The predicted octanol–water partition coefficient (Wildman–Crippen LogP) is 1.55. The summed E-state index contributed by atoms with van der Waals surface area (Å²) in [4.78, 5) is 12.0. The highest BCUT2D eigenvalue weighted by Crippen LogP contribution is 2.57. The Morgan fingerprint density at radius 1 is 1.29 bits per heavy atom. The second-order valence-corrected chi connectivity index (χ2v) is 4.97. The molecule has 0 unspecified atom stereocenters. The van der Waals surface area contributed by atoms with Crippen LogP contribution in [0.15, 0.2) is 0 Å². The minimum absolute atomic E-state index is 0.0285. The highest BCUT2D eigenvalue weighted by atomic mass is 16.2. The molecule has 0 atom stereocenters. The molecular formula is C11H20N2O. The monoisotopic (exact) mass is 196 g/mol. The number of hydrogen-bond acceptors (Lipinski definition) is 2. The van der Waals surface area contributed by atoms with Crippen molar-refractivity contribution in [3.05, 3.63) is 0 Å². The Balaban J connectivity index is 1.97. The van der Waals surface area contributed by atoms with E-state index in [9.17, 15) is 4.79 Å². The fraction of sp³-hybridized carbons (Fsp3) is 0.909. The topological polar surface area (TPSA) is 32.3 Å². The van der Waals surface area contributed by atoms with Crippen LogP contribution in [0, 0.1) is 11.3 Å². The third kappa shape index (κ3) is 1.65. The molecule has 80 valence electrons. The van der Waals surface area contributed by atoms with Crippen molar-refractivity contribution < 1.29 is 4.79 Å². The van der Waals surface area contributed by atoms with Crippen molar-refractivity contribution in [3.63, 3.8) is 0 Å². The molecule has 1 amide bonds. The highest BCUT2D eigenvalue weighted by Gasteiger charge is 2.55. The molecule has 2 rings (SSSR count). The minimum Gasteiger partial charge on any atom is -0.289 e. The first kappa shape index (κ1) is 9.97. The Morgan fingerprint density at radius 3 is 2.29 bits per heavy atom. The average Bonchev–Trinajstić information content (AvgIpc) is 2.74. The second kappa shape index (κ2) is 3.54. The summed E-state index contributed by atoms with van der Waals surface area (Å²) in [6, 6.07) is 0. The Bertz CT molecular complexity index is 227. The molecule has 0 saturated heterocycles. The van der Waals surface area contributed by atoms with Gasteiger partial charge in [-0.15, -0.1) is 0 Å². The summed E-state index contributed by atoms with van der Waals surface area (Å²) >= 11 is 0. The Kier molecular flexibility index (Phi) is 2.52. The van der Waals surface area contributed by atoms with Crippen LogP contribution < -0.4 is 5.43 Å². The van der Waals surface area contributed by atoms with Gasteiger partial charge in [-0.05, 0) is 31.6 Å². The van der Waals surface area contributed by atoms with Crippen LogP contribution in [0.4, 0.5) is 0 Å². The smallest absolute Gasteiger partial charge is 0.240 e. The molecule has 0 aromatic carbocycles. The summed E-state index contributed by atoms with van der Waals surface area (Å²) in [5, 5.41) is 1.76. The van der Waals surface area contributed by atoms with Gasteiger partial charge in [-0.25, -0.2) is 5.01 Å². The summed E-state index contributed by atoms with van der Waals surface area (Å²) in [5.74, 6) is 0.928. The van der Waals surface area contributed by atoms with Gasteiger partial charge in [-0.2, -0.15) is 0 Å². The molecular weight excluding hydrogens is 176 g/mol. The first-order valence-electron chi connectivity index (χ1n) is 5.63. The minimum atomic E-state index is 0.0285. The molecule has 3 nitrogen and oxygen atoms in total. The molecule has 2 fully saturated rings. The standard InChI is InChI=1S/C11H20N2O/c1-13(2)12-10(14)11(7-8-11)9-5-3-4-6-9/h9H,3-8H2,1-2H3,(H,12,14). The molecule has 0 spiro atoms. The SMILES string of the molecule is CN(C)NC(=O)C1(C2CCCC2)CC1. The summed E-state index contributed by atoms with van der Waals surface area (Å²) in [5.41, 5.74) is 2.95. The van der Waals surface area contributed by atoms with Crippen molar-refractivity contribution in [3.8, 4) is 0 Å². The molecule has 0 aromatic heterocycles. The van der Waals surface area contributed by atoms with Crippen LogP contribution >= 0.6 is 0 Å². The number of rotatable bonds is 3. The number of carbonyl (C=O) groups is 1. The van der Waals surface area contributed by atoms with E-state index in [1.807, 2.05) is 14.1 Å². The van der Waals surface area contributed by atoms with E-state index in [0.717, 1.165) is 12.8 Å². The molecule has 2 aliphatic carbocycles. The number of hydrogen-bond donors (Lipinski definition) is 1. The van der Waals surface area contributed by atoms with Crippen LogP contribution in [0.1, 0.15) is 38.5 Å². The van der Waals surface area contributed by atoms with Gasteiger partial charge in [0.05, 0.1) is 5.41 Å². The number of hydrazine groups is 1. The molecule has 2 aliphatic rings. The van der Waals surface area contributed by atoms with E-state index in [0.29, 0.717) is 5.92 Å². The molecule has 14 heavy (non-hydrogen) atoms. The number of amides is 1. The van der Waals surface area contributed by atoms with Gasteiger partial charge in [-0.1, -0.05) is 12.8 Å². The van der Waals surface area contributed by atoms with Gasteiger partial charge in [0.25, 0.3) is 0 Å². The van der Waals surface area contributed by atoms with E-state index in [4.69, 9.17) is 0 Å². The van der Waals surface area contributed by atoms with Crippen LogP contribution in [-0.4, -0.2) is 25.0 Å². The van der Waals surface area contributed by atoms with Crippen LogP contribution in [-0.2, 0) is 4.79 Å². The van der Waals surface area contributed by atoms with Crippen molar-refractivity contribution >= 4 is 5.91 Å². The number of nitrogens with zero attached hydrogens (tertiary/aromatic N) is 1. The molecule has 2 saturated carbocycles. The summed E-state index contributed by atoms with van der Waals surface area (Å²) in [6.45, 7) is 0. The Labute approximate surface area is 85.8 Å². The molecule has 0 heterocycles. The molecule has 0 bridgehead atoms. The van der Waals surface area contributed by atoms with Gasteiger partial charge in [0.15, 0.2) is 0 Å². The second-order valence-electron chi connectivity index (χ2n) is 4.97. The maximum absolute atomic E-state index is 12.0. The summed E-state index contributed by atoms with van der Waals surface area (Å²) < 4.78 is 0. The molecule has 3 heteroatoms. The summed E-state index contributed by atoms with van der Waals surface area (Å²) in [7, 11) is 3.76. The van der Waals surface area contributed by atoms with Crippen LogP contribution in [0.3, 0.4) is 0 Å². The molecule has 1 N–H and O–H groups in total. The largest absolute Gasteiger partial charge is 0.289 e. The lowest BCUT2D eigenvalue weighted by Gasteiger charge is -2.23. The predicted molar refractivity (Wildman–Crippen MR) is 55.5 cm³/mol. The molecule has 0 aliphatic heterocycles. The van der Waals surface area contributed by atoms with E-state index in [2.05, 4.69) is 5.43 Å². The molecule has 0 aromatic rings. The maximum atomic E-state index is 12.0. The van der Waals surface area contributed by atoms with Crippen molar-refractivity contribution in [1.82, 2.24) is 10.4 Å². The van der Waals surface area contributed by atoms with Crippen LogP contribution in [0.2, 0.25) is 0 Å². The lowest BCUT2D eigenvalue weighted by molar-refractivity contribution is -0.132. The fourth-order valence-corrected chi connectivity index (χ4v) is 2.75. The number of carbonyl (C=O) groups excluding carboxylic acids is 1. The van der Waals surface area contributed by atoms with Gasteiger partial charge in [0.1, 0.15) is 0 Å². The number of nitrogens with one attached hydrogen (secondary N) is 1. The Morgan fingerprint density at radius 2 is 1.86 bits per heavy atom. The third-order valence-electron chi connectivity index (χ3n) is 3.70. The lowest BCUT2D eigenvalue weighted by atomic mass is 9.87. The zero-order valence-electron chi connectivity index (χ0n) is 9.18. The van der Waals surface area contributed by atoms with Crippen molar-refractivity contribution in [2.45, 2.75) is 38.5 Å². The third-order valence-corrected chi connectivity index (χ3v) is 3.70. The quantitative estimate of drug-likeness (QED) is 0.695. The van der Waals surface area contributed by atoms with Gasteiger partial charge < -0.3 is 0 Å². The average molecular weight is 196 g/mol. The van der Waals surface area contributed by atoms with Crippen molar-refractivity contribution in [1.29, 1.82) is 0 Å².